The Bertz CT molecular complexity index is 1610. The highest BCUT2D eigenvalue weighted by atomic mass is 32.2. The quantitative estimate of drug-likeness (QED) is 0.406. The molecule has 0 radical (unpaired) electrons. The molecule has 6 rings (SSSR count). The van der Waals surface area contributed by atoms with Gasteiger partial charge in [-0.05, 0) is 44.7 Å². The van der Waals surface area contributed by atoms with Gasteiger partial charge in [0.1, 0.15) is 11.6 Å². The molecule has 3 aromatic heterocycles. The lowest BCUT2D eigenvalue weighted by atomic mass is 9.98. The first-order valence-corrected chi connectivity index (χ1v) is 14.4. The molecule has 2 N–H and O–H groups in total. The summed E-state index contributed by atoms with van der Waals surface area (Å²) >= 11 is 0. The molecule has 12 heteroatoms. The average molecular weight is 523 g/mol. The zero-order chi connectivity index (χ0) is 25.9. The van der Waals surface area contributed by atoms with Crippen LogP contribution >= 0.6 is 0 Å². The van der Waals surface area contributed by atoms with Crippen molar-refractivity contribution >= 4 is 44.2 Å². The summed E-state index contributed by atoms with van der Waals surface area (Å²) < 4.78 is 28.2. The summed E-state index contributed by atoms with van der Waals surface area (Å²) in [5.41, 5.74) is 4.37. The molecule has 1 aromatic carbocycles. The zero-order valence-electron chi connectivity index (χ0n) is 21.1. The van der Waals surface area contributed by atoms with E-state index in [1.54, 1.807) is 0 Å². The summed E-state index contributed by atoms with van der Waals surface area (Å²) in [5.74, 6) is 1.64. The van der Waals surface area contributed by atoms with E-state index in [9.17, 15) is 13.5 Å². The highest BCUT2D eigenvalue weighted by molar-refractivity contribution is 7.92. The fourth-order valence-electron chi connectivity index (χ4n) is 5.37. The van der Waals surface area contributed by atoms with Crippen molar-refractivity contribution in [1.82, 2.24) is 24.6 Å². The van der Waals surface area contributed by atoms with Gasteiger partial charge in [-0.15, -0.1) is 0 Å². The maximum atomic E-state index is 12.0. The number of anilines is 3. The van der Waals surface area contributed by atoms with Gasteiger partial charge in [0, 0.05) is 42.8 Å². The van der Waals surface area contributed by atoms with Gasteiger partial charge < -0.3 is 14.9 Å². The van der Waals surface area contributed by atoms with Crippen molar-refractivity contribution in [2.24, 2.45) is 0 Å². The third kappa shape index (κ3) is 4.44. The van der Waals surface area contributed by atoms with Crippen LogP contribution in [0.3, 0.4) is 0 Å². The Morgan fingerprint density at radius 3 is 2.62 bits per heavy atom. The largest absolute Gasteiger partial charge is 0.389 e. The maximum Gasteiger partial charge on any atom is 0.239 e. The van der Waals surface area contributed by atoms with E-state index in [4.69, 9.17) is 15.1 Å². The number of sulfonamides is 1. The monoisotopic (exact) mass is 522 g/mol. The second-order valence-electron chi connectivity index (χ2n) is 10.1. The standard InChI is InChI=1S/C25H30N8O3S/c1-15-7-6-8-18-22(15)24(28-25(26-18)30-37(3,35)36)32-10-5-4-9-20(32)19-11-21-27-23(31-13-17(34)14-31)16(2)12-33(21)29-19/h6-8,11-12,17,20,34H,4-5,9-10,13-14H2,1-3H3,(H,26,28,30). The minimum atomic E-state index is -3.54. The summed E-state index contributed by atoms with van der Waals surface area (Å²) in [6.45, 7) is 5.97. The topological polar surface area (TPSA) is 129 Å². The van der Waals surface area contributed by atoms with Gasteiger partial charge in [0.25, 0.3) is 0 Å². The number of hydrogen-bond donors (Lipinski definition) is 2. The van der Waals surface area contributed by atoms with Crippen LogP contribution in [0.2, 0.25) is 0 Å². The van der Waals surface area contributed by atoms with Crippen LogP contribution in [-0.2, 0) is 10.0 Å². The molecule has 2 aliphatic heterocycles. The molecule has 11 nitrogen and oxygen atoms in total. The molecule has 0 spiro atoms. The number of rotatable bonds is 5. The molecule has 1 atom stereocenters. The number of piperidine rings is 1. The molecule has 0 saturated carbocycles. The smallest absolute Gasteiger partial charge is 0.239 e. The molecule has 4 aromatic rings. The Hall–Kier alpha value is -3.51. The number of benzene rings is 1. The summed E-state index contributed by atoms with van der Waals surface area (Å²) in [5, 5.41) is 15.5. The van der Waals surface area contributed by atoms with Crippen LogP contribution in [-0.4, -0.2) is 70.1 Å². The first-order valence-electron chi connectivity index (χ1n) is 12.5. The molecular formula is C25H30N8O3S. The van der Waals surface area contributed by atoms with E-state index in [0.29, 0.717) is 24.4 Å². The Kier molecular flexibility index (Phi) is 5.68. The average Bonchev–Trinajstić information content (AvgIpc) is 3.23. The summed E-state index contributed by atoms with van der Waals surface area (Å²) in [4.78, 5) is 18.4. The maximum absolute atomic E-state index is 12.0. The Balaban J connectivity index is 1.44. The van der Waals surface area contributed by atoms with Gasteiger partial charge in [-0.25, -0.2) is 22.9 Å². The van der Waals surface area contributed by atoms with Crippen LogP contribution in [0.15, 0.2) is 30.5 Å². The minimum absolute atomic E-state index is 0.0474. The van der Waals surface area contributed by atoms with Crippen LogP contribution in [0.25, 0.3) is 16.6 Å². The van der Waals surface area contributed by atoms with E-state index >= 15 is 0 Å². The lowest BCUT2D eigenvalue weighted by molar-refractivity contribution is 0.141. The van der Waals surface area contributed by atoms with Gasteiger partial charge in [-0.3, -0.25) is 4.72 Å². The van der Waals surface area contributed by atoms with Crippen molar-refractivity contribution in [2.45, 2.75) is 45.3 Å². The third-order valence-electron chi connectivity index (χ3n) is 7.09. The van der Waals surface area contributed by atoms with E-state index in [2.05, 4.69) is 19.5 Å². The summed E-state index contributed by atoms with van der Waals surface area (Å²) in [6, 6.07) is 7.79. The van der Waals surface area contributed by atoms with Gasteiger partial charge in [0.05, 0.1) is 29.6 Å². The molecule has 1 unspecified atom stereocenters. The first-order chi connectivity index (χ1) is 17.7. The van der Waals surface area contributed by atoms with Crippen LogP contribution in [0.4, 0.5) is 17.6 Å². The summed E-state index contributed by atoms with van der Waals surface area (Å²) in [6.07, 6.45) is 5.71. The van der Waals surface area contributed by atoms with Crippen molar-refractivity contribution in [3.8, 4) is 0 Å². The van der Waals surface area contributed by atoms with E-state index in [-0.39, 0.29) is 18.1 Å². The second kappa shape index (κ2) is 8.80. The van der Waals surface area contributed by atoms with Crippen LogP contribution in [0.5, 0.6) is 0 Å². The SMILES string of the molecule is Cc1cn2nc(C3CCCCN3c3nc(NS(C)(=O)=O)nc4cccc(C)c34)cc2nc1N1CC(O)C1. The number of nitrogens with one attached hydrogen (secondary N) is 1. The van der Waals surface area contributed by atoms with Gasteiger partial charge in [0.2, 0.25) is 16.0 Å². The molecule has 2 aliphatic rings. The van der Waals surface area contributed by atoms with Crippen molar-refractivity contribution < 1.29 is 13.5 Å². The number of aliphatic hydroxyl groups is 1. The minimum Gasteiger partial charge on any atom is -0.389 e. The second-order valence-corrected chi connectivity index (χ2v) is 11.8. The fourth-order valence-corrected chi connectivity index (χ4v) is 5.80. The highest BCUT2D eigenvalue weighted by Crippen LogP contribution is 2.38. The molecule has 0 bridgehead atoms. The van der Waals surface area contributed by atoms with Gasteiger partial charge in [-0.1, -0.05) is 12.1 Å². The zero-order valence-corrected chi connectivity index (χ0v) is 21.9. The van der Waals surface area contributed by atoms with E-state index < -0.39 is 10.0 Å². The van der Waals surface area contributed by atoms with Crippen molar-refractivity contribution in [2.75, 3.05) is 40.4 Å². The van der Waals surface area contributed by atoms with E-state index in [0.717, 1.165) is 65.7 Å². The first kappa shape index (κ1) is 23.9. The number of hydrogen-bond acceptors (Lipinski definition) is 9. The number of aromatic nitrogens is 5. The molecule has 2 saturated heterocycles. The molecule has 0 aliphatic carbocycles. The number of nitrogens with zero attached hydrogens (tertiary/aromatic N) is 7. The van der Waals surface area contributed by atoms with E-state index in [1.165, 1.54) is 0 Å². The van der Waals surface area contributed by atoms with E-state index in [1.807, 2.05) is 48.8 Å². The number of aliphatic hydroxyl groups excluding tert-OH is 1. The predicted molar refractivity (Wildman–Crippen MR) is 143 cm³/mol. The lowest BCUT2D eigenvalue weighted by Gasteiger charge is -2.37. The van der Waals surface area contributed by atoms with Gasteiger partial charge in [-0.2, -0.15) is 10.1 Å². The Labute approximate surface area is 215 Å². The highest BCUT2D eigenvalue weighted by Gasteiger charge is 2.31. The lowest BCUT2D eigenvalue weighted by Crippen LogP contribution is -2.51. The predicted octanol–water partition coefficient (Wildman–Crippen LogP) is 2.57. The van der Waals surface area contributed by atoms with Crippen molar-refractivity contribution in [3.63, 3.8) is 0 Å². The van der Waals surface area contributed by atoms with Gasteiger partial charge >= 0.3 is 0 Å². The van der Waals surface area contributed by atoms with Crippen LogP contribution in [0.1, 0.15) is 42.1 Å². The molecule has 194 valence electrons. The molecule has 0 amide bonds. The van der Waals surface area contributed by atoms with Crippen LogP contribution in [0, 0.1) is 13.8 Å². The molecular weight excluding hydrogens is 492 g/mol. The fraction of sp³-hybridized carbons (Fsp3) is 0.440. The number of aryl methyl sites for hydroxylation is 2. The molecule has 5 heterocycles. The Morgan fingerprint density at radius 2 is 1.86 bits per heavy atom. The van der Waals surface area contributed by atoms with Crippen LogP contribution < -0.4 is 14.5 Å². The molecule has 37 heavy (non-hydrogen) atoms. The van der Waals surface area contributed by atoms with Gasteiger partial charge in [0.15, 0.2) is 5.65 Å². The van der Waals surface area contributed by atoms with Crippen molar-refractivity contribution in [3.05, 3.63) is 47.3 Å². The Morgan fingerprint density at radius 1 is 1.05 bits per heavy atom. The summed E-state index contributed by atoms with van der Waals surface area (Å²) in [7, 11) is -3.54. The molecule has 2 fully saturated rings. The third-order valence-corrected chi connectivity index (χ3v) is 7.64. The normalized spacial score (nSPS) is 19.0. The number of β-amino-alcohol motifs (C(OH)–C–C–N with tert-alkyl or cyclic N) is 1. The number of fused-ring (bicyclic) bond motifs is 2. The van der Waals surface area contributed by atoms with Crippen molar-refractivity contribution in [1.29, 1.82) is 0 Å².